The van der Waals surface area contributed by atoms with E-state index in [9.17, 15) is 4.39 Å². The third-order valence-electron chi connectivity index (χ3n) is 2.88. The van der Waals surface area contributed by atoms with E-state index in [4.69, 9.17) is 0 Å². The highest BCUT2D eigenvalue weighted by molar-refractivity contribution is 5.16. The first kappa shape index (κ1) is 13.2. The highest BCUT2D eigenvalue weighted by Gasteiger charge is 2.12. The molecule has 0 aliphatic heterocycles. The van der Waals surface area contributed by atoms with Crippen LogP contribution in [0, 0.1) is 17.2 Å². The van der Waals surface area contributed by atoms with Gasteiger partial charge in [-0.15, -0.1) is 0 Å². The topological polar surface area (TPSA) is 0 Å². The first-order valence-electron chi connectivity index (χ1n) is 6.11. The smallest absolute Gasteiger partial charge is 0.123 e. The Labute approximate surface area is 98.9 Å². The number of halogens is 1. The zero-order valence-electron chi connectivity index (χ0n) is 10.9. The van der Waals surface area contributed by atoms with Gasteiger partial charge in [0.15, 0.2) is 0 Å². The monoisotopic (exact) mass is 222 g/mol. The van der Waals surface area contributed by atoms with E-state index in [2.05, 4.69) is 27.7 Å². The van der Waals surface area contributed by atoms with Crippen LogP contribution < -0.4 is 0 Å². The van der Waals surface area contributed by atoms with E-state index in [1.165, 1.54) is 18.4 Å². The molecular weight excluding hydrogens is 199 g/mol. The minimum Gasteiger partial charge on any atom is -0.207 e. The third kappa shape index (κ3) is 5.29. The van der Waals surface area contributed by atoms with Gasteiger partial charge in [-0.25, -0.2) is 4.39 Å². The summed E-state index contributed by atoms with van der Waals surface area (Å²) in [5.74, 6) is 0.524. The number of rotatable bonds is 4. The molecule has 0 saturated carbocycles. The van der Waals surface area contributed by atoms with E-state index >= 15 is 0 Å². The van der Waals surface area contributed by atoms with Gasteiger partial charge in [-0.2, -0.15) is 0 Å². The lowest BCUT2D eigenvalue weighted by molar-refractivity contribution is 0.329. The molecule has 0 aromatic heterocycles. The van der Waals surface area contributed by atoms with E-state index in [0.717, 1.165) is 6.42 Å². The average molecular weight is 222 g/mol. The van der Waals surface area contributed by atoms with Crippen molar-refractivity contribution in [3.63, 3.8) is 0 Å². The van der Waals surface area contributed by atoms with Gasteiger partial charge in [-0.1, -0.05) is 39.8 Å². The van der Waals surface area contributed by atoms with E-state index in [1.54, 1.807) is 12.1 Å². The molecule has 0 heterocycles. The van der Waals surface area contributed by atoms with Gasteiger partial charge in [0.2, 0.25) is 0 Å². The molecule has 0 nitrogen and oxygen atoms in total. The van der Waals surface area contributed by atoms with Crippen molar-refractivity contribution in [1.82, 2.24) is 0 Å². The summed E-state index contributed by atoms with van der Waals surface area (Å²) >= 11 is 0. The highest BCUT2D eigenvalue weighted by atomic mass is 19.1. The molecule has 0 aliphatic carbocycles. The molecular formula is C15H23F. The Morgan fingerprint density at radius 3 is 2.19 bits per heavy atom. The third-order valence-corrected chi connectivity index (χ3v) is 2.88. The molecule has 0 aliphatic rings. The molecule has 90 valence electrons. The van der Waals surface area contributed by atoms with Crippen molar-refractivity contribution in [2.24, 2.45) is 11.3 Å². The molecule has 1 aromatic carbocycles. The minimum atomic E-state index is -0.147. The molecule has 1 heteroatoms. The highest BCUT2D eigenvalue weighted by Crippen LogP contribution is 2.25. The fraction of sp³-hybridized carbons (Fsp3) is 0.600. The van der Waals surface area contributed by atoms with Gasteiger partial charge in [0.25, 0.3) is 0 Å². The maximum absolute atomic E-state index is 12.7. The second-order valence-corrected chi connectivity index (χ2v) is 6.04. The lowest BCUT2D eigenvalue weighted by Gasteiger charge is -2.20. The lowest BCUT2D eigenvalue weighted by atomic mass is 9.85. The quantitative estimate of drug-likeness (QED) is 0.684. The second kappa shape index (κ2) is 5.47. The maximum atomic E-state index is 12.7. The van der Waals surface area contributed by atoms with Crippen LogP contribution in [0.25, 0.3) is 0 Å². The predicted octanol–water partition coefficient (Wildman–Crippen LogP) is 4.83. The summed E-state index contributed by atoms with van der Waals surface area (Å²) in [6.45, 7) is 9.10. The maximum Gasteiger partial charge on any atom is 0.123 e. The van der Waals surface area contributed by atoms with Crippen LogP contribution in [0.4, 0.5) is 4.39 Å². The van der Waals surface area contributed by atoms with Crippen molar-refractivity contribution in [1.29, 1.82) is 0 Å². The fourth-order valence-corrected chi connectivity index (χ4v) is 1.80. The molecule has 1 atom stereocenters. The molecule has 16 heavy (non-hydrogen) atoms. The molecule has 0 spiro atoms. The van der Waals surface area contributed by atoms with Gasteiger partial charge >= 0.3 is 0 Å². The molecule has 0 N–H and O–H groups in total. The van der Waals surface area contributed by atoms with Gasteiger partial charge in [-0.3, -0.25) is 0 Å². The molecule has 0 fully saturated rings. The summed E-state index contributed by atoms with van der Waals surface area (Å²) in [7, 11) is 0. The van der Waals surface area contributed by atoms with E-state index in [0.29, 0.717) is 11.3 Å². The van der Waals surface area contributed by atoms with Gasteiger partial charge in [0.1, 0.15) is 5.82 Å². The molecule has 0 amide bonds. The van der Waals surface area contributed by atoms with Crippen LogP contribution >= 0.6 is 0 Å². The zero-order valence-corrected chi connectivity index (χ0v) is 10.9. The van der Waals surface area contributed by atoms with Crippen LogP contribution in [0.5, 0.6) is 0 Å². The summed E-state index contributed by atoms with van der Waals surface area (Å²) < 4.78 is 12.7. The predicted molar refractivity (Wildman–Crippen MR) is 68.0 cm³/mol. The Kier molecular flexibility index (Phi) is 4.52. The molecule has 1 aromatic rings. The lowest BCUT2D eigenvalue weighted by Crippen LogP contribution is -2.09. The molecule has 1 unspecified atom stereocenters. The van der Waals surface area contributed by atoms with Crippen molar-refractivity contribution >= 4 is 0 Å². The number of benzene rings is 1. The molecule has 1 rings (SSSR count). The van der Waals surface area contributed by atoms with Crippen molar-refractivity contribution in [3.05, 3.63) is 35.6 Å². The Bertz CT molecular complexity index is 305. The van der Waals surface area contributed by atoms with Gasteiger partial charge in [0.05, 0.1) is 0 Å². The number of hydrogen-bond acceptors (Lipinski definition) is 0. The summed E-state index contributed by atoms with van der Waals surface area (Å²) in [6, 6.07) is 6.88. The zero-order chi connectivity index (χ0) is 12.2. The minimum absolute atomic E-state index is 0.147. The van der Waals surface area contributed by atoms with E-state index in [1.807, 2.05) is 12.1 Å². The van der Waals surface area contributed by atoms with Crippen molar-refractivity contribution in [3.8, 4) is 0 Å². The van der Waals surface area contributed by atoms with Gasteiger partial charge in [0, 0.05) is 0 Å². The SMILES string of the molecule is CC(CCC(C)(C)C)Cc1ccc(F)cc1. The molecule has 0 bridgehead atoms. The second-order valence-electron chi connectivity index (χ2n) is 6.04. The van der Waals surface area contributed by atoms with Crippen molar-refractivity contribution in [2.45, 2.75) is 47.0 Å². The largest absolute Gasteiger partial charge is 0.207 e. The standard InChI is InChI=1S/C15H23F/c1-12(9-10-15(2,3)4)11-13-5-7-14(16)8-6-13/h5-8,12H,9-11H2,1-4H3. The van der Waals surface area contributed by atoms with Crippen LogP contribution in [0.1, 0.15) is 46.1 Å². The molecule has 0 radical (unpaired) electrons. The van der Waals surface area contributed by atoms with Crippen LogP contribution in [-0.4, -0.2) is 0 Å². The van der Waals surface area contributed by atoms with Crippen molar-refractivity contribution < 1.29 is 4.39 Å². The fourth-order valence-electron chi connectivity index (χ4n) is 1.80. The van der Waals surface area contributed by atoms with Gasteiger partial charge in [-0.05, 0) is 48.3 Å². The Morgan fingerprint density at radius 1 is 1.12 bits per heavy atom. The summed E-state index contributed by atoms with van der Waals surface area (Å²) in [5.41, 5.74) is 1.65. The first-order chi connectivity index (χ1) is 7.37. The van der Waals surface area contributed by atoms with Crippen LogP contribution in [0.3, 0.4) is 0 Å². The summed E-state index contributed by atoms with van der Waals surface area (Å²) in [5, 5.41) is 0. The number of hydrogen-bond donors (Lipinski definition) is 0. The van der Waals surface area contributed by atoms with Crippen LogP contribution in [0.15, 0.2) is 24.3 Å². The van der Waals surface area contributed by atoms with Gasteiger partial charge < -0.3 is 0 Å². The summed E-state index contributed by atoms with van der Waals surface area (Å²) in [4.78, 5) is 0. The van der Waals surface area contributed by atoms with Crippen molar-refractivity contribution in [2.75, 3.05) is 0 Å². The van der Waals surface area contributed by atoms with E-state index in [-0.39, 0.29) is 5.82 Å². The first-order valence-corrected chi connectivity index (χ1v) is 6.11. The normalized spacial score (nSPS) is 13.8. The Balaban J connectivity index is 2.39. The van der Waals surface area contributed by atoms with Crippen LogP contribution in [0.2, 0.25) is 0 Å². The summed E-state index contributed by atoms with van der Waals surface area (Å²) in [6.07, 6.45) is 3.53. The van der Waals surface area contributed by atoms with E-state index < -0.39 is 0 Å². The average Bonchev–Trinajstić information content (AvgIpc) is 2.18. The van der Waals surface area contributed by atoms with Crippen LogP contribution in [-0.2, 0) is 6.42 Å². The Morgan fingerprint density at radius 2 is 1.69 bits per heavy atom. The molecule has 0 saturated heterocycles. The Hall–Kier alpha value is -0.850.